The number of ketones is 1. The molecule has 0 radical (unpaired) electrons. The van der Waals surface area contributed by atoms with Crippen LogP contribution in [-0.4, -0.2) is 12.4 Å². The number of ether oxygens (including phenoxy) is 1. The molecular weight excluding hydrogens is 310 g/mol. The van der Waals surface area contributed by atoms with Crippen LogP contribution in [0.15, 0.2) is 45.5 Å². The molecular formula is C12H7BrF2O3. The second-order valence-electron chi connectivity index (χ2n) is 3.34. The van der Waals surface area contributed by atoms with E-state index >= 15 is 0 Å². The fraction of sp³-hybridized carbons (Fsp3) is 0.0833. The van der Waals surface area contributed by atoms with Gasteiger partial charge in [-0.15, -0.1) is 0 Å². The molecule has 0 fully saturated rings. The average Bonchev–Trinajstić information content (AvgIpc) is 2.74. The van der Waals surface area contributed by atoms with Crippen LogP contribution in [0.3, 0.4) is 0 Å². The van der Waals surface area contributed by atoms with E-state index in [1.165, 1.54) is 30.3 Å². The van der Waals surface area contributed by atoms with Crippen LogP contribution in [0.2, 0.25) is 0 Å². The molecule has 0 unspecified atom stereocenters. The van der Waals surface area contributed by atoms with Crippen molar-refractivity contribution >= 4 is 21.7 Å². The summed E-state index contributed by atoms with van der Waals surface area (Å²) in [6, 6.07) is 8.62. The van der Waals surface area contributed by atoms with Crippen LogP contribution in [0.1, 0.15) is 16.1 Å². The molecule has 0 aliphatic rings. The Labute approximate surface area is 109 Å². The highest BCUT2D eigenvalue weighted by molar-refractivity contribution is 9.10. The first kappa shape index (κ1) is 12.8. The second-order valence-corrected chi connectivity index (χ2v) is 4.12. The van der Waals surface area contributed by atoms with Gasteiger partial charge in [-0.25, -0.2) is 0 Å². The Morgan fingerprint density at radius 1 is 1.28 bits per heavy atom. The predicted molar refractivity (Wildman–Crippen MR) is 62.9 cm³/mol. The average molecular weight is 317 g/mol. The van der Waals surface area contributed by atoms with Crippen molar-refractivity contribution in [2.75, 3.05) is 0 Å². The van der Waals surface area contributed by atoms with E-state index in [9.17, 15) is 13.6 Å². The van der Waals surface area contributed by atoms with Crippen LogP contribution in [0.25, 0.3) is 0 Å². The number of rotatable bonds is 4. The molecule has 0 amide bonds. The lowest BCUT2D eigenvalue weighted by Crippen LogP contribution is -2.04. The first-order valence-corrected chi connectivity index (χ1v) is 5.70. The number of benzene rings is 1. The van der Waals surface area contributed by atoms with E-state index in [1.807, 2.05) is 0 Å². The minimum atomic E-state index is -2.92. The third kappa shape index (κ3) is 2.95. The molecule has 1 aromatic carbocycles. The molecule has 94 valence electrons. The summed E-state index contributed by atoms with van der Waals surface area (Å²) in [4.78, 5) is 11.9. The summed E-state index contributed by atoms with van der Waals surface area (Å²) >= 11 is 3.08. The highest BCUT2D eigenvalue weighted by Gasteiger charge is 2.14. The molecule has 0 aliphatic heterocycles. The molecule has 0 aliphatic carbocycles. The zero-order chi connectivity index (χ0) is 13.1. The van der Waals surface area contributed by atoms with E-state index in [0.29, 0.717) is 4.67 Å². The topological polar surface area (TPSA) is 39.4 Å². The van der Waals surface area contributed by atoms with Crippen LogP contribution in [-0.2, 0) is 0 Å². The summed E-state index contributed by atoms with van der Waals surface area (Å²) in [6.07, 6.45) is 0. The zero-order valence-corrected chi connectivity index (χ0v) is 10.5. The minimum absolute atomic E-state index is 0.0681. The van der Waals surface area contributed by atoms with Gasteiger partial charge < -0.3 is 9.15 Å². The molecule has 0 saturated heterocycles. The number of halogens is 3. The van der Waals surface area contributed by atoms with Gasteiger partial charge in [-0.3, -0.25) is 4.79 Å². The standard InChI is InChI=1S/C12H7BrF2O3/c13-10-5-4-9(18-10)11(16)7-2-1-3-8(6-7)17-12(14)15/h1-6,12H. The Kier molecular flexibility index (Phi) is 3.76. The summed E-state index contributed by atoms with van der Waals surface area (Å²) in [6.45, 7) is -2.92. The van der Waals surface area contributed by atoms with Gasteiger partial charge in [-0.2, -0.15) is 8.78 Å². The maximum absolute atomic E-state index is 12.0. The van der Waals surface area contributed by atoms with Crippen molar-refractivity contribution in [1.29, 1.82) is 0 Å². The largest absolute Gasteiger partial charge is 0.446 e. The van der Waals surface area contributed by atoms with Crippen molar-refractivity contribution in [3.8, 4) is 5.75 Å². The molecule has 1 aromatic heterocycles. The number of hydrogen-bond donors (Lipinski definition) is 0. The van der Waals surface area contributed by atoms with Crippen LogP contribution in [0.4, 0.5) is 8.78 Å². The number of carbonyl (C=O) groups is 1. The van der Waals surface area contributed by atoms with Gasteiger partial charge >= 0.3 is 6.61 Å². The third-order valence-corrected chi connectivity index (χ3v) is 2.54. The highest BCUT2D eigenvalue weighted by atomic mass is 79.9. The van der Waals surface area contributed by atoms with Crippen LogP contribution < -0.4 is 4.74 Å². The first-order valence-electron chi connectivity index (χ1n) is 4.91. The molecule has 0 atom stereocenters. The van der Waals surface area contributed by atoms with Gasteiger partial charge in [-0.05, 0) is 40.2 Å². The lowest BCUT2D eigenvalue weighted by Gasteiger charge is -2.05. The second kappa shape index (κ2) is 5.30. The van der Waals surface area contributed by atoms with Gasteiger partial charge in [0.05, 0.1) is 0 Å². The van der Waals surface area contributed by atoms with Crippen molar-refractivity contribution in [3.63, 3.8) is 0 Å². The molecule has 0 saturated carbocycles. The number of furan rings is 1. The van der Waals surface area contributed by atoms with Crippen molar-refractivity contribution in [1.82, 2.24) is 0 Å². The number of hydrogen-bond acceptors (Lipinski definition) is 3. The van der Waals surface area contributed by atoms with Crippen molar-refractivity contribution in [2.24, 2.45) is 0 Å². The molecule has 18 heavy (non-hydrogen) atoms. The van der Waals surface area contributed by atoms with E-state index in [1.54, 1.807) is 6.07 Å². The SMILES string of the molecule is O=C(c1cccc(OC(F)F)c1)c1ccc(Br)o1. The lowest BCUT2D eigenvalue weighted by molar-refractivity contribution is -0.0498. The van der Waals surface area contributed by atoms with Gasteiger partial charge in [0.2, 0.25) is 5.78 Å². The molecule has 1 heterocycles. The highest BCUT2D eigenvalue weighted by Crippen LogP contribution is 2.21. The van der Waals surface area contributed by atoms with E-state index in [-0.39, 0.29) is 17.1 Å². The Morgan fingerprint density at radius 2 is 2.06 bits per heavy atom. The Hall–Kier alpha value is -1.69. The van der Waals surface area contributed by atoms with Gasteiger partial charge in [0, 0.05) is 5.56 Å². The van der Waals surface area contributed by atoms with Crippen molar-refractivity contribution in [2.45, 2.75) is 6.61 Å². The first-order chi connectivity index (χ1) is 8.56. The summed E-state index contributed by atoms with van der Waals surface area (Å²) in [5.41, 5.74) is 0.218. The smallest absolute Gasteiger partial charge is 0.387 e. The molecule has 0 N–H and O–H groups in total. The Bertz CT molecular complexity index is 566. The molecule has 3 nitrogen and oxygen atoms in total. The zero-order valence-electron chi connectivity index (χ0n) is 8.90. The Morgan fingerprint density at radius 3 is 2.67 bits per heavy atom. The van der Waals surface area contributed by atoms with Crippen molar-refractivity contribution < 1.29 is 22.7 Å². The lowest BCUT2D eigenvalue weighted by atomic mass is 10.1. The summed E-state index contributed by atoms with van der Waals surface area (Å²) in [5.74, 6) is -0.349. The van der Waals surface area contributed by atoms with Gasteiger partial charge in [0.1, 0.15) is 5.75 Å². The van der Waals surface area contributed by atoms with Gasteiger partial charge in [-0.1, -0.05) is 12.1 Å². The van der Waals surface area contributed by atoms with E-state index < -0.39 is 12.4 Å². The molecule has 0 spiro atoms. The quantitative estimate of drug-likeness (QED) is 0.804. The van der Waals surface area contributed by atoms with E-state index in [4.69, 9.17) is 4.42 Å². The minimum Gasteiger partial charge on any atom is -0.446 e. The van der Waals surface area contributed by atoms with E-state index in [2.05, 4.69) is 20.7 Å². The fourth-order valence-corrected chi connectivity index (χ4v) is 1.70. The molecule has 6 heteroatoms. The van der Waals surface area contributed by atoms with Crippen molar-refractivity contribution in [3.05, 3.63) is 52.4 Å². The summed E-state index contributed by atoms with van der Waals surface area (Å²) in [7, 11) is 0. The third-order valence-electron chi connectivity index (χ3n) is 2.12. The van der Waals surface area contributed by atoms with Gasteiger partial charge in [0.25, 0.3) is 0 Å². The molecule has 2 aromatic rings. The van der Waals surface area contributed by atoms with Crippen LogP contribution in [0.5, 0.6) is 5.75 Å². The molecule has 0 bridgehead atoms. The monoisotopic (exact) mass is 316 g/mol. The molecule has 2 rings (SSSR count). The summed E-state index contributed by atoms with van der Waals surface area (Å²) < 4.78 is 33.8. The number of alkyl halides is 2. The van der Waals surface area contributed by atoms with Gasteiger partial charge in [0.15, 0.2) is 10.4 Å². The maximum atomic E-state index is 12.0. The Balaban J connectivity index is 2.25. The van der Waals surface area contributed by atoms with Crippen LogP contribution >= 0.6 is 15.9 Å². The fourth-order valence-electron chi connectivity index (χ4n) is 1.39. The normalized spacial score (nSPS) is 10.7. The predicted octanol–water partition coefficient (Wildman–Crippen LogP) is 3.87. The summed E-state index contributed by atoms with van der Waals surface area (Å²) in [5, 5.41) is 0. The maximum Gasteiger partial charge on any atom is 0.387 e. The van der Waals surface area contributed by atoms with E-state index in [0.717, 1.165) is 0 Å². The number of carbonyl (C=O) groups excluding carboxylic acids is 1. The van der Waals surface area contributed by atoms with Crippen LogP contribution in [0, 0.1) is 0 Å².